The highest BCUT2D eigenvalue weighted by Crippen LogP contribution is 2.43. The summed E-state index contributed by atoms with van der Waals surface area (Å²) >= 11 is 0. The average molecular weight is 336 g/mol. The molecule has 2 heterocycles. The summed E-state index contributed by atoms with van der Waals surface area (Å²) < 4.78 is 0. The van der Waals surface area contributed by atoms with Gasteiger partial charge in [-0.1, -0.05) is 26.2 Å². The minimum Gasteiger partial charge on any atom is -0.355 e. The van der Waals surface area contributed by atoms with E-state index in [-0.39, 0.29) is 0 Å². The first-order chi connectivity index (χ1) is 11.7. The molecule has 0 aromatic rings. The van der Waals surface area contributed by atoms with E-state index in [0.29, 0.717) is 5.41 Å². The molecule has 3 rings (SSSR count). The third kappa shape index (κ3) is 4.42. The number of hydrogen-bond acceptors (Lipinski definition) is 3. The second kappa shape index (κ2) is 8.52. The Bertz CT molecular complexity index is 408. The Kier molecular flexibility index (Phi) is 6.39. The SMILES string of the molecule is CCN1CCN(CCNC(=NC)N2CCC3(CCCCC3)C2)CC1. The molecule has 3 fully saturated rings. The van der Waals surface area contributed by atoms with Crippen LogP contribution in [0.3, 0.4) is 0 Å². The number of likely N-dealkylation sites (tertiary alicyclic amines) is 1. The predicted molar refractivity (Wildman–Crippen MR) is 102 cm³/mol. The zero-order valence-corrected chi connectivity index (χ0v) is 15.9. The fourth-order valence-electron chi connectivity index (χ4n) is 4.81. The van der Waals surface area contributed by atoms with Crippen LogP contribution in [0.1, 0.15) is 45.4 Å². The zero-order valence-electron chi connectivity index (χ0n) is 15.9. The van der Waals surface area contributed by atoms with Crippen molar-refractivity contribution in [2.24, 2.45) is 10.4 Å². The van der Waals surface area contributed by atoms with E-state index in [1.54, 1.807) is 0 Å². The maximum absolute atomic E-state index is 4.56. The lowest BCUT2D eigenvalue weighted by atomic mass is 9.73. The molecule has 0 amide bonds. The van der Waals surface area contributed by atoms with Crippen LogP contribution >= 0.6 is 0 Å². The molecular formula is C19H37N5. The molecule has 2 saturated heterocycles. The fourth-order valence-corrected chi connectivity index (χ4v) is 4.81. The minimum atomic E-state index is 0.604. The summed E-state index contributed by atoms with van der Waals surface area (Å²) in [6.07, 6.45) is 8.55. The third-order valence-electron chi connectivity index (χ3n) is 6.49. The first-order valence-electron chi connectivity index (χ1n) is 10.1. The van der Waals surface area contributed by atoms with Crippen LogP contribution in [-0.4, -0.2) is 86.6 Å². The van der Waals surface area contributed by atoms with Crippen molar-refractivity contribution in [2.45, 2.75) is 45.4 Å². The smallest absolute Gasteiger partial charge is 0.193 e. The van der Waals surface area contributed by atoms with Crippen LogP contribution in [0.2, 0.25) is 0 Å². The standard InChI is InChI=1S/C19H37N5/c1-3-22-13-15-23(16-14-22)12-10-21-18(20-2)24-11-9-19(17-24)7-5-4-6-8-19/h3-17H2,1-2H3,(H,20,21). The van der Waals surface area contributed by atoms with Crippen LogP contribution in [0.25, 0.3) is 0 Å². The first kappa shape index (κ1) is 18.0. The number of guanidine groups is 1. The summed E-state index contributed by atoms with van der Waals surface area (Å²) in [4.78, 5) is 12.2. The molecule has 1 saturated carbocycles. The van der Waals surface area contributed by atoms with Gasteiger partial charge in [-0.3, -0.25) is 9.89 Å². The van der Waals surface area contributed by atoms with Crippen molar-refractivity contribution >= 4 is 5.96 Å². The van der Waals surface area contributed by atoms with Crippen molar-refractivity contribution in [1.82, 2.24) is 20.0 Å². The van der Waals surface area contributed by atoms with Crippen molar-refractivity contribution < 1.29 is 0 Å². The van der Waals surface area contributed by atoms with Gasteiger partial charge in [0.1, 0.15) is 0 Å². The lowest BCUT2D eigenvalue weighted by Gasteiger charge is -2.35. The van der Waals surface area contributed by atoms with Gasteiger partial charge in [0.25, 0.3) is 0 Å². The predicted octanol–water partition coefficient (Wildman–Crippen LogP) is 1.86. The Hall–Kier alpha value is -0.810. The van der Waals surface area contributed by atoms with Crippen LogP contribution in [0.4, 0.5) is 0 Å². The van der Waals surface area contributed by atoms with Crippen LogP contribution in [0, 0.1) is 5.41 Å². The molecule has 1 aliphatic carbocycles. The first-order valence-corrected chi connectivity index (χ1v) is 10.1. The molecule has 2 aliphatic heterocycles. The fraction of sp³-hybridized carbons (Fsp3) is 0.947. The van der Waals surface area contributed by atoms with E-state index < -0.39 is 0 Å². The zero-order chi connectivity index (χ0) is 16.8. The Morgan fingerprint density at radius 2 is 1.67 bits per heavy atom. The molecule has 0 aromatic heterocycles. The van der Waals surface area contributed by atoms with E-state index in [1.165, 1.54) is 84.3 Å². The highest BCUT2D eigenvalue weighted by molar-refractivity contribution is 5.80. The Labute approximate surface area is 148 Å². The number of hydrogen-bond donors (Lipinski definition) is 1. The summed E-state index contributed by atoms with van der Waals surface area (Å²) in [5, 5.41) is 3.63. The van der Waals surface area contributed by atoms with Crippen LogP contribution in [-0.2, 0) is 0 Å². The lowest BCUT2D eigenvalue weighted by Crippen LogP contribution is -2.49. The van der Waals surface area contributed by atoms with Gasteiger partial charge in [0.15, 0.2) is 5.96 Å². The minimum absolute atomic E-state index is 0.604. The normalized spacial score (nSPS) is 26.2. The number of piperazine rings is 1. The summed E-state index contributed by atoms with van der Waals surface area (Å²) in [6, 6.07) is 0. The Morgan fingerprint density at radius 3 is 2.33 bits per heavy atom. The van der Waals surface area contributed by atoms with Crippen LogP contribution < -0.4 is 5.32 Å². The molecule has 0 aromatic carbocycles. The molecule has 24 heavy (non-hydrogen) atoms. The molecule has 5 nitrogen and oxygen atoms in total. The number of rotatable bonds is 4. The van der Waals surface area contributed by atoms with Gasteiger partial charge in [0.2, 0.25) is 0 Å². The number of likely N-dealkylation sites (N-methyl/N-ethyl adjacent to an activating group) is 1. The number of nitrogens with zero attached hydrogens (tertiary/aromatic N) is 4. The average Bonchev–Trinajstić information content (AvgIpc) is 3.03. The van der Waals surface area contributed by atoms with Gasteiger partial charge in [-0.15, -0.1) is 0 Å². The van der Waals surface area contributed by atoms with E-state index in [0.717, 1.165) is 19.0 Å². The van der Waals surface area contributed by atoms with Gasteiger partial charge in [-0.2, -0.15) is 0 Å². The molecular weight excluding hydrogens is 298 g/mol. The van der Waals surface area contributed by atoms with Crippen molar-refractivity contribution in [3.63, 3.8) is 0 Å². The third-order valence-corrected chi connectivity index (χ3v) is 6.49. The van der Waals surface area contributed by atoms with E-state index in [4.69, 9.17) is 0 Å². The molecule has 1 spiro atoms. The van der Waals surface area contributed by atoms with E-state index >= 15 is 0 Å². The van der Waals surface area contributed by atoms with Gasteiger partial charge >= 0.3 is 0 Å². The van der Waals surface area contributed by atoms with Gasteiger partial charge in [0, 0.05) is 59.4 Å². The summed E-state index contributed by atoms with van der Waals surface area (Å²) in [6.45, 7) is 12.9. The van der Waals surface area contributed by atoms with Gasteiger partial charge in [0.05, 0.1) is 0 Å². The summed E-state index contributed by atoms with van der Waals surface area (Å²) in [7, 11) is 1.94. The number of nitrogens with one attached hydrogen (secondary N) is 1. The van der Waals surface area contributed by atoms with Crippen molar-refractivity contribution in [1.29, 1.82) is 0 Å². The number of aliphatic imine (C=N–C) groups is 1. The topological polar surface area (TPSA) is 34.1 Å². The second-order valence-corrected chi connectivity index (χ2v) is 7.98. The molecule has 0 radical (unpaired) electrons. The monoisotopic (exact) mass is 335 g/mol. The highest BCUT2D eigenvalue weighted by atomic mass is 15.3. The summed E-state index contributed by atoms with van der Waals surface area (Å²) in [5.41, 5.74) is 0.604. The van der Waals surface area contributed by atoms with E-state index in [9.17, 15) is 0 Å². The van der Waals surface area contributed by atoms with Gasteiger partial charge in [-0.05, 0) is 31.2 Å². The van der Waals surface area contributed by atoms with E-state index in [2.05, 4.69) is 31.9 Å². The molecule has 0 unspecified atom stereocenters. The van der Waals surface area contributed by atoms with Crippen molar-refractivity contribution in [3.8, 4) is 0 Å². The van der Waals surface area contributed by atoms with E-state index in [1.807, 2.05) is 7.05 Å². The van der Waals surface area contributed by atoms with Crippen LogP contribution in [0.5, 0.6) is 0 Å². The Balaban J connectivity index is 1.40. The van der Waals surface area contributed by atoms with Crippen LogP contribution in [0.15, 0.2) is 4.99 Å². The largest absolute Gasteiger partial charge is 0.355 e. The lowest BCUT2D eigenvalue weighted by molar-refractivity contribution is 0.139. The van der Waals surface area contributed by atoms with Gasteiger partial charge < -0.3 is 15.1 Å². The summed E-state index contributed by atoms with van der Waals surface area (Å²) in [5.74, 6) is 1.13. The molecule has 0 atom stereocenters. The second-order valence-electron chi connectivity index (χ2n) is 7.98. The molecule has 5 heteroatoms. The quantitative estimate of drug-likeness (QED) is 0.628. The molecule has 138 valence electrons. The van der Waals surface area contributed by atoms with Gasteiger partial charge in [-0.25, -0.2) is 0 Å². The Morgan fingerprint density at radius 1 is 0.958 bits per heavy atom. The molecule has 1 N–H and O–H groups in total. The molecule has 3 aliphatic rings. The van der Waals surface area contributed by atoms with Crippen molar-refractivity contribution in [3.05, 3.63) is 0 Å². The highest BCUT2D eigenvalue weighted by Gasteiger charge is 2.39. The maximum atomic E-state index is 4.56. The molecule has 0 bridgehead atoms. The van der Waals surface area contributed by atoms with Crippen molar-refractivity contribution in [2.75, 3.05) is 66.0 Å². The maximum Gasteiger partial charge on any atom is 0.193 e.